The van der Waals surface area contributed by atoms with E-state index in [0.717, 1.165) is 44.9 Å². The maximum absolute atomic E-state index is 12.5. The molecule has 0 rings (SSSR count). The summed E-state index contributed by atoms with van der Waals surface area (Å²) in [5, 5.41) is 23.1. The first-order valence-corrected chi connectivity index (χ1v) is 32.1. The van der Waals surface area contributed by atoms with Gasteiger partial charge in [-0.25, -0.2) is 0 Å². The second-order valence-corrected chi connectivity index (χ2v) is 22.1. The lowest BCUT2D eigenvalue weighted by Crippen LogP contribution is -2.45. The lowest BCUT2D eigenvalue weighted by atomic mass is 10.0. The average molecular weight is 1000 g/mol. The highest BCUT2D eigenvalue weighted by molar-refractivity contribution is 5.76. The van der Waals surface area contributed by atoms with Crippen LogP contribution in [0.3, 0.4) is 0 Å². The van der Waals surface area contributed by atoms with Gasteiger partial charge in [-0.1, -0.05) is 308 Å². The maximum Gasteiger partial charge on any atom is 0.305 e. The molecule has 3 N–H and O–H groups in total. The number of aliphatic hydroxyl groups is 2. The summed E-state index contributed by atoms with van der Waals surface area (Å²) >= 11 is 0. The van der Waals surface area contributed by atoms with Crippen molar-refractivity contribution < 1.29 is 24.5 Å². The minimum absolute atomic E-state index is 0.00797. The fraction of sp³-hybridized carbons (Fsp3) is 0.908. The van der Waals surface area contributed by atoms with Gasteiger partial charge in [0.15, 0.2) is 0 Å². The molecule has 6 heteroatoms. The van der Waals surface area contributed by atoms with Crippen molar-refractivity contribution in [1.82, 2.24) is 5.32 Å². The highest BCUT2D eigenvalue weighted by Crippen LogP contribution is 2.18. The van der Waals surface area contributed by atoms with Crippen molar-refractivity contribution in [3.05, 3.63) is 24.3 Å². The standard InChI is InChI=1S/C65H125NO5/c1-3-5-7-9-11-13-15-17-19-31-35-39-43-47-51-55-59-65(70)71-60-56-52-48-44-40-36-32-29-27-25-23-21-20-22-24-26-28-30-34-38-42-46-50-54-58-64(69)66-62(61-67)63(68)57-53-49-45-41-37-33-18-16-14-12-10-8-6-4-2/h19,31,53,57,62-63,67-68H,3-18,20-30,32-52,54-56,58-61H2,1-2H3,(H,66,69)/b31-19-,57-53+. The zero-order chi connectivity index (χ0) is 51.4. The van der Waals surface area contributed by atoms with E-state index >= 15 is 0 Å². The van der Waals surface area contributed by atoms with Gasteiger partial charge in [0, 0.05) is 12.8 Å². The van der Waals surface area contributed by atoms with E-state index in [9.17, 15) is 19.8 Å². The summed E-state index contributed by atoms with van der Waals surface area (Å²) in [6, 6.07) is -0.626. The number of carbonyl (C=O) groups is 2. The molecule has 420 valence electrons. The fourth-order valence-electron chi connectivity index (χ4n) is 10.0. The third-order valence-electron chi connectivity index (χ3n) is 15.0. The molecule has 0 saturated heterocycles. The Morgan fingerprint density at radius 1 is 0.380 bits per heavy atom. The molecule has 0 aliphatic carbocycles. The van der Waals surface area contributed by atoms with Gasteiger partial charge in [0.05, 0.1) is 25.4 Å². The molecule has 0 spiro atoms. The Hall–Kier alpha value is -1.66. The molecular weight excluding hydrogens is 875 g/mol. The molecule has 0 fully saturated rings. The van der Waals surface area contributed by atoms with E-state index in [4.69, 9.17) is 4.74 Å². The number of hydrogen-bond acceptors (Lipinski definition) is 5. The summed E-state index contributed by atoms with van der Waals surface area (Å²) in [5.74, 6) is -0.0574. The number of hydrogen-bond donors (Lipinski definition) is 3. The Morgan fingerprint density at radius 3 is 1.00 bits per heavy atom. The maximum atomic E-state index is 12.5. The van der Waals surface area contributed by atoms with E-state index in [2.05, 4.69) is 31.3 Å². The molecule has 0 radical (unpaired) electrons. The first-order valence-electron chi connectivity index (χ1n) is 32.1. The van der Waals surface area contributed by atoms with Crippen molar-refractivity contribution >= 4 is 11.9 Å². The molecular formula is C65H125NO5. The number of esters is 1. The highest BCUT2D eigenvalue weighted by Gasteiger charge is 2.18. The SMILES string of the molecule is CCCCCCCCC/C=C\CCCCCCCC(=O)OCCCCCCCCCCCCCCCCCCCCCCCCCCC(=O)NC(CO)C(O)/C=C/CCCCCCCCCCCCCC. The summed E-state index contributed by atoms with van der Waals surface area (Å²) < 4.78 is 5.49. The number of ether oxygens (including phenoxy) is 1. The second kappa shape index (κ2) is 60.9. The summed E-state index contributed by atoms with van der Waals surface area (Å²) in [5.41, 5.74) is 0. The van der Waals surface area contributed by atoms with Crippen LogP contribution in [-0.4, -0.2) is 47.4 Å². The third-order valence-corrected chi connectivity index (χ3v) is 15.0. The molecule has 0 aromatic carbocycles. The van der Waals surface area contributed by atoms with E-state index in [-0.39, 0.29) is 18.5 Å². The second-order valence-electron chi connectivity index (χ2n) is 22.1. The summed E-state index contributed by atoms with van der Waals surface area (Å²) in [6.07, 6.45) is 75.1. The Balaban J connectivity index is 3.37. The molecule has 0 aromatic rings. The molecule has 2 atom stereocenters. The van der Waals surface area contributed by atoms with Gasteiger partial charge < -0.3 is 20.3 Å². The van der Waals surface area contributed by atoms with Crippen molar-refractivity contribution in [1.29, 1.82) is 0 Å². The van der Waals surface area contributed by atoms with Crippen LogP contribution in [0.5, 0.6) is 0 Å². The van der Waals surface area contributed by atoms with Crippen LogP contribution in [0, 0.1) is 0 Å². The minimum Gasteiger partial charge on any atom is -0.466 e. The van der Waals surface area contributed by atoms with Crippen molar-refractivity contribution in [2.45, 2.75) is 366 Å². The molecule has 0 bridgehead atoms. The van der Waals surface area contributed by atoms with Gasteiger partial charge in [-0.2, -0.15) is 0 Å². The Morgan fingerprint density at radius 2 is 0.662 bits per heavy atom. The largest absolute Gasteiger partial charge is 0.466 e. The molecule has 6 nitrogen and oxygen atoms in total. The minimum atomic E-state index is -0.843. The number of amides is 1. The highest BCUT2D eigenvalue weighted by atomic mass is 16.5. The Labute approximate surface area is 443 Å². The number of aliphatic hydroxyl groups excluding tert-OH is 2. The third kappa shape index (κ3) is 57.5. The molecule has 0 aliphatic heterocycles. The number of rotatable bonds is 60. The fourth-order valence-corrected chi connectivity index (χ4v) is 10.0. The average Bonchev–Trinajstić information content (AvgIpc) is 3.37. The van der Waals surface area contributed by atoms with Gasteiger partial charge in [0.25, 0.3) is 0 Å². The van der Waals surface area contributed by atoms with Crippen molar-refractivity contribution in [2.75, 3.05) is 13.2 Å². The Kier molecular flexibility index (Phi) is 59.5. The van der Waals surface area contributed by atoms with Gasteiger partial charge in [0.2, 0.25) is 5.91 Å². The predicted molar refractivity (Wildman–Crippen MR) is 310 cm³/mol. The van der Waals surface area contributed by atoms with E-state index in [1.54, 1.807) is 6.08 Å². The molecule has 0 aromatic heterocycles. The molecule has 2 unspecified atom stereocenters. The van der Waals surface area contributed by atoms with E-state index < -0.39 is 12.1 Å². The first-order chi connectivity index (χ1) is 35.0. The van der Waals surface area contributed by atoms with Crippen LogP contribution in [0.15, 0.2) is 24.3 Å². The van der Waals surface area contributed by atoms with Gasteiger partial charge in [-0.3, -0.25) is 9.59 Å². The summed E-state index contributed by atoms with van der Waals surface area (Å²) in [6.45, 7) is 4.92. The van der Waals surface area contributed by atoms with E-state index in [1.165, 1.54) is 283 Å². The van der Waals surface area contributed by atoms with Crippen LogP contribution < -0.4 is 5.32 Å². The van der Waals surface area contributed by atoms with Gasteiger partial charge >= 0.3 is 5.97 Å². The van der Waals surface area contributed by atoms with E-state index in [1.807, 2.05) is 6.08 Å². The lowest BCUT2D eigenvalue weighted by Gasteiger charge is -2.20. The number of nitrogens with one attached hydrogen (secondary N) is 1. The number of carbonyl (C=O) groups excluding carboxylic acids is 2. The van der Waals surface area contributed by atoms with Gasteiger partial charge in [-0.05, 0) is 57.8 Å². The molecule has 71 heavy (non-hydrogen) atoms. The van der Waals surface area contributed by atoms with Crippen LogP contribution in [0.25, 0.3) is 0 Å². The molecule has 0 aliphatic rings. The first kappa shape index (κ1) is 69.3. The monoisotopic (exact) mass is 1000 g/mol. The summed E-state index contributed by atoms with van der Waals surface area (Å²) in [7, 11) is 0. The number of unbranched alkanes of at least 4 members (excludes halogenated alkanes) is 47. The van der Waals surface area contributed by atoms with Crippen molar-refractivity contribution in [3.8, 4) is 0 Å². The van der Waals surface area contributed by atoms with Crippen LogP contribution in [0.2, 0.25) is 0 Å². The predicted octanol–water partition coefficient (Wildman–Crippen LogP) is 20.2. The zero-order valence-corrected chi connectivity index (χ0v) is 48.0. The van der Waals surface area contributed by atoms with Crippen LogP contribution in [0.4, 0.5) is 0 Å². The Bertz CT molecular complexity index is 1110. The summed E-state index contributed by atoms with van der Waals surface area (Å²) in [4.78, 5) is 24.5. The van der Waals surface area contributed by atoms with Crippen LogP contribution in [0.1, 0.15) is 354 Å². The van der Waals surface area contributed by atoms with Crippen molar-refractivity contribution in [2.24, 2.45) is 0 Å². The van der Waals surface area contributed by atoms with Gasteiger partial charge in [0.1, 0.15) is 0 Å². The van der Waals surface area contributed by atoms with Crippen LogP contribution in [-0.2, 0) is 14.3 Å². The quantitative estimate of drug-likeness (QED) is 0.0320. The zero-order valence-electron chi connectivity index (χ0n) is 48.0. The van der Waals surface area contributed by atoms with Crippen molar-refractivity contribution in [3.63, 3.8) is 0 Å². The van der Waals surface area contributed by atoms with Crippen LogP contribution >= 0.6 is 0 Å². The molecule has 0 heterocycles. The lowest BCUT2D eigenvalue weighted by molar-refractivity contribution is -0.143. The van der Waals surface area contributed by atoms with E-state index in [0.29, 0.717) is 19.4 Å². The smallest absolute Gasteiger partial charge is 0.305 e. The molecule has 1 amide bonds. The normalized spacial score (nSPS) is 12.7. The topological polar surface area (TPSA) is 95.9 Å². The van der Waals surface area contributed by atoms with Gasteiger partial charge in [-0.15, -0.1) is 0 Å². The number of allylic oxidation sites excluding steroid dienone is 3. The molecule has 0 saturated carbocycles.